The minimum atomic E-state index is 0.0721. The first-order valence-electron chi connectivity index (χ1n) is 9.60. The summed E-state index contributed by atoms with van der Waals surface area (Å²) in [6, 6.07) is 16.4. The summed E-state index contributed by atoms with van der Waals surface area (Å²) < 4.78 is 1.85. The third-order valence-electron chi connectivity index (χ3n) is 5.76. The van der Waals surface area contributed by atoms with Gasteiger partial charge in [-0.1, -0.05) is 60.8 Å². The van der Waals surface area contributed by atoms with Crippen molar-refractivity contribution in [3.8, 4) is 0 Å². The first-order valence-corrected chi connectivity index (χ1v) is 9.98. The zero-order valence-electron chi connectivity index (χ0n) is 15.3. The summed E-state index contributed by atoms with van der Waals surface area (Å²) >= 11 is 6.20. The Labute approximate surface area is 164 Å². The van der Waals surface area contributed by atoms with Crippen LogP contribution in [0.15, 0.2) is 54.7 Å². The zero-order valence-corrected chi connectivity index (χ0v) is 16.1. The van der Waals surface area contributed by atoms with Crippen molar-refractivity contribution in [2.24, 2.45) is 0 Å². The maximum Gasteiger partial charge on any atom is 0.221 e. The van der Waals surface area contributed by atoms with Crippen molar-refractivity contribution in [3.05, 3.63) is 65.3 Å². The van der Waals surface area contributed by atoms with Crippen molar-refractivity contribution < 1.29 is 4.79 Å². The summed E-state index contributed by atoms with van der Waals surface area (Å²) in [7, 11) is 0. The van der Waals surface area contributed by atoms with Crippen molar-refractivity contribution in [1.82, 2.24) is 15.1 Å². The van der Waals surface area contributed by atoms with Crippen LogP contribution in [0.25, 0.3) is 10.9 Å². The van der Waals surface area contributed by atoms with E-state index in [2.05, 4.69) is 34.7 Å². The van der Waals surface area contributed by atoms with Crippen molar-refractivity contribution >= 4 is 28.4 Å². The lowest BCUT2D eigenvalue weighted by molar-refractivity contribution is -0.121. The van der Waals surface area contributed by atoms with Crippen LogP contribution in [0.4, 0.5) is 0 Å². The van der Waals surface area contributed by atoms with Crippen LogP contribution in [-0.4, -0.2) is 22.2 Å². The second-order valence-corrected chi connectivity index (χ2v) is 7.83. The Hall–Kier alpha value is -2.33. The maximum atomic E-state index is 12.5. The van der Waals surface area contributed by atoms with Crippen LogP contribution in [0.1, 0.15) is 37.7 Å². The van der Waals surface area contributed by atoms with E-state index in [9.17, 15) is 4.79 Å². The van der Waals surface area contributed by atoms with Gasteiger partial charge in [0.2, 0.25) is 5.91 Å². The fraction of sp³-hybridized carbons (Fsp3) is 0.364. The molecule has 0 spiro atoms. The van der Waals surface area contributed by atoms with E-state index in [-0.39, 0.29) is 11.3 Å². The van der Waals surface area contributed by atoms with Crippen LogP contribution in [0, 0.1) is 0 Å². The molecular formula is C22H24ClN3O. The minimum Gasteiger partial charge on any atom is -0.355 e. The number of benzene rings is 2. The summed E-state index contributed by atoms with van der Waals surface area (Å²) in [4.78, 5) is 12.5. The lowest BCUT2D eigenvalue weighted by Gasteiger charge is -2.30. The highest BCUT2D eigenvalue weighted by molar-refractivity contribution is 6.35. The molecule has 1 aliphatic rings. The summed E-state index contributed by atoms with van der Waals surface area (Å²) in [6.07, 6.45) is 6.90. The highest BCUT2D eigenvalue weighted by Gasteiger charge is 2.35. The van der Waals surface area contributed by atoms with Gasteiger partial charge in [0.25, 0.3) is 0 Å². The molecule has 0 atom stereocenters. The Morgan fingerprint density at radius 2 is 1.89 bits per heavy atom. The lowest BCUT2D eigenvalue weighted by Crippen LogP contribution is -2.39. The number of aromatic nitrogens is 2. The topological polar surface area (TPSA) is 46.9 Å². The Balaban J connectivity index is 1.38. The fourth-order valence-electron chi connectivity index (χ4n) is 4.22. The Morgan fingerprint density at radius 3 is 2.67 bits per heavy atom. The average Bonchev–Trinajstić information content (AvgIpc) is 3.34. The van der Waals surface area contributed by atoms with E-state index in [4.69, 9.17) is 11.6 Å². The quantitative estimate of drug-likeness (QED) is 0.672. The van der Waals surface area contributed by atoms with E-state index in [0.717, 1.165) is 23.7 Å². The number of fused-ring (bicyclic) bond motifs is 1. The average molecular weight is 382 g/mol. The molecule has 1 aromatic heterocycles. The summed E-state index contributed by atoms with van der Waals surface area (Å²) in [5.41, 5.74) is 2.39. The molecular weight excluding hydrogens is 358 g/mol. The molecule has 1 heterocycles. The molecule has 0 bridgehead atoms. The summed E-state index contributed by atoms with van der Waals surface area (Å²) in [6.45, 7) is 1.26. The van der Waals surface area contributed by atoms with Crippen LogP contribution in [0.2, 0.25) is 5.02 Å². The van der Waals surface area contributed by atoms with Crippen molar-refractivity contribution in [2.75, 3.05) is 6.54 Å². The number of nitrogens with zero attached hydrogens (tertiary/aromatic N) is 2. The number of carbonyl (C=O) groups is 1. The zero-order chi connectivity index (χ0) is 18.7. The number of carbonyl (C=O) groups excluding carboxylic acids is 1. The van der Waals surface area contributed by atoms with Crippen LogP contribution in [-0.2, 0) is 16.8 Å². The number of aryl methyl sites for hydroxylation is 1. The van der Waals surface area contributed by atoms with Crippen molar-refractivity contribution in [3.63, 3.8) is 0 Å². The molecule has 0 saturated heterocycles. The van der Waals surface area contributed by atoms with E-state index in [1.54, 1.807) is 6.20 Å². The molecule has 3 aromatic rings. The second-order valence-electron chi connectivity index (χ2n) is 7.42. The molecule has 0 radical (unpaired) electrons. The van der Waals surface area contributed by atoms with Gasteiger partial charge in [-0.15, -0.1) is 0 Å². The van der Waals surface area contributed by atoms with Gasteiger partial charge in [0.05, 0.1) is 23.3 Å². The van der Waals surface area contributed by atoms with Crippen LogP contribution < -0.4 is 5.32 Å². The van der Waals surface area contributed by atoms with Crippen LogP contribution in [0.3, 0.4) is 0 Å². The van der Waals surface area contributed by atoms with Gasteiger partial charge in [-0.2, -0.15) is 5.10 Å². The van der Waals surface area contributed by atoms with E-state index in [1.165, 1.54) is 18.4 Å². The Morgan fingerprint density at radius 1 is 1.11 bits per heavy atom. The molecule has 1 saturated carbocycles. The largest absolute Gasteiger partial charge is 0.355 e. The first-order chi connectivity index (χ1) is 13.2. The monoisotopic (exact) mass is 381 g/mol. The molecule has 1 fully saturated rings. The van der Waals surface area contributed by atoms with Crippen molar-refractivity contribution in [2.45, 2.75) is 44.1 Å². The van der Waals surface area contributed by atoms with E-state index in [1.807, 2.05) is 28.9 Å². The highest BCUT2D eigenvalue weighted by Crippen LogP contribution is 2.40. The smallest absolute Gasteiger partial charge is 0.221 e. The predicted molar refractivity (Wildman–Crippen MR) is 109 cm³/mol. The number of rotatable bonds is 6. The van der Waals surface area contributed by atoms with Gasteiger partial charge >= 0.3 is 0 Å². The van der Waals surface area contributed by atoms with Gasteiger partial charge in [0.15, 0.2) is 0 Å². The number of halogens is 1. The number of nitrogens with one attached hydrogen (secondary N) is 1. The van der Waals surface area contributed by atoms with E-state index >= 15 is 0 Å². The second kappa shape index (κ2) is 7.73. The summed E-state index contributed by atoms with van der Waals surface area (Å²) in [5, 5.41) is 9.17. The molecule has 2 aromatic carbocycles. The molecule has 27 heavy (non-hydrogen) atoms. The third-order valence-corrected chi connectivity index (χ3v) is 6.09. The maximum absolute atomic E-state index is 12.5. The Bertz CT molecular complexity index is 929. The molecule has 0 unspecified atom stereocenters. The van der Waals surface area contributed by atoms with Crippen LogP contribution in [0.5, 0.6) is 0 Å². The molecule has 140 valence electrons. The minimum absolute atomic E-state index is 0.0721. The standard InChI is InChI=1S/C22H24ClN3O/c23-19-9-6-10-20-18(19)15-25-26(20)14-11-21(27)24-16-22(12-4-5-13-22)17-7-2-1-3-8-17/h1-3,6-10,15H,4-5,11-14,16H2,(H,24,27). The van der Waals surface area contributed by atoms with Gasteiger partial charge in [-0.3, -0.25) is 9.48 Å². The third kappa shape index (κ3) is 3.72. The predicted octanol–water partition coefficient (Wildman–Crippen LogP) is 4.71. The van der Waals surface area contributed by atoms with Gasteiger partial charge in [0, 0.05) is 23.8 Å². The summed E-state index contributed by atoms with van der Waals surface area (Å²) in [5.74, 6) is 0.0721. The van der Waals surface area contributed by atoms with Gasteiger partial charge in [-0.25, -0.2) is 0 Å². The van der Waals surface area contributed by atoms with E-state index in [0.29, 0.717) is 24.5 Å². The van der Waals surface area contributed by atoms with Gasteiger partial charge in [0.1, 0.15) is 0 Å². The van der Waals surface area contributed by atoms with Crippen molar-refractivity contribution in [1.29, 1.82) is 0 Å². The number of amides is 1. The molecule has 1 aliphatic carbocycles. The number of hydrogen-bond donors (Lipinski definition) is 1. The SMILES string of the molecule is O=C(CCn1ncc2c(Cl)cccc21)NCC1(c2ccccc2)CCCC1. The molecule has 4 rings (SSSR count). The highest BCUT2D eigenvalue weighted by atomic mass is 35.5. The molecule has 4 nitrogen and oxygen atoms in total. The lowest BCUT2D eigenvalue weighted by atomic mass is 9.79. The van der Waals surface area contributed by atoms with Gasteiger partial charge in [-0.05, 0) is 30.5 Å². The Kier molecular flexibility index (Phi) is 5.17. The normalized spacial score (nSPS) is 15.9. The first kappa shape index (κ1) is 18.1. The van der Waals surface area contributed by atoms with Crippen LogP contribution >= 0.6 is 11.6 Å². The molecule has 0 aliphatic heterocycles. The fourth-order valence-corrected chi connectivity index (χ4v) is 4.44. The number of hydrogen-bond acceptors (Lipinski definition) is 2. The molecule has 1 amide bonds. The van der Waals surface area contributed by atoms with E-state index < -0.39 is 0 Å². The molecule has 1 N–H and O–H groups in total. The molecule has 5 heteroatoms. The van der Waals surface area contributed by atoms with Gasteiger partial charge < -0.3 is 5.32 Å².